The normalized spacial score (nSPS) is 12.8. The first-order valence-electron chi connectivity index (χ1n) is 13.0. The molecule has 0 fully saturated rings. The molecule has 4 rings (SSSR count). The maximum absolute atomic E-state index is 14.4. The lowest BCUT2D eigenvalue weighted by Gasteiger charge is -2.30. The van der Waals surface area contributed by atoms with Gasteiger partial charge < -0.3 is 24.1 Å². The highest BCUT2D eigenvalue weighted by Crippen LogP contribution is 2.40. The Balaban J connectivity index is 1.98. The summed E-state index contributed by atoms with van der Waals surface area (Å²) >= 11 is 2.11. The molecular weight excluding hydrogens is 709 g/mol. The van der Waals surface area contributed by atoms with Crippen LogP contribution in [-0.4, -0.2) is 79.3 Å². The summed E-state index contributed by atoms with van der Waals surface area (Å²) < 4.78 is 53.6. The van der Waals surface area contributed by atoms with Gasteiger partial charge in [0.1, 0.15) is 40.0 Å². The molecule has 0 spiro atoms. The zero-order valence-corrected chi connectivity index (χ0v) is 28.0. The zero-order valence-electron chi connectivity index (χ0n) is 24.2. The van der Waals surface area contributed by atoms with Crippen molar-refractivity contribution in [3.8, 4) is 40.3 Å². The van der Waals surface area contributed by atoms with Crippen molar-refractivity contribution in [2.24, 2.45) is 0 Å². The van der Waals surface area contributed by atoms with Crippen LogP contribution in [-0.2, 0) is 10.0 Å². The maximum atomic E-state index is 14.4. The SMILES string of the molecule is COc1cccc(-c2nnc(N(CCSI)S(=O)(=O)[C@@H](C)[C@H](O)c3ccccc3OC)n2-c2c(OC)cccc2OC)n1. The molecule has 0 saturated heterocycles. The van der Waals surface area contributed by atoms with E-state index in [4.69, 9.17) is 18.9 Å². The van der Waals surface area contributed by atoms with Gasteiger partial charge in [-0.2, -0.15) is 0 Å². The van der Waals surface area contributed by atoms with Crippen LogP contribution in [0.1, 0.15) is 18.6 Å². The smallest absolute Gasteiger partial charge is 0.246 e. The third-order valence-corrected chi connectivity index (χ3v) is 10.5. The summed E-state index contributed by atoms with van der Waals surface area (Å²) in [6.45, 7) is 1.48. The molecule has 0 bridgehead atoms. The molecule has 0 aliphatic rings. The molecule has 15 heteroatoms. The van der Waals surface area contributed by atoms with E-state index in [9.17, 15) is 13.5 Å². The molecule has 4 aromatic rings. The van der Waals surface area contributed by atoms with Gasteiger partial charge in [0.05, 0.1) is 28.4 Å². The Hall–Kier alpha value is -3.28. The van der Waals surface area contributed by atoms with Crippen molar-refractivity contribution in [2.75, 3.05) is 45.0 Å². The van der Waals surface area contributed by atoms with Crippen LogP contribution in [0.4, 0.5) is 5.95 Å². The molecule has 2 aromatic heterocycles. The molecule has 2 atom stereocenters. The number of aliphatic hydroxyl groups is 1. The highest BCUT2D eigenvalue weighted by Gasteiger charge is 2.39. The van der Waals surface area contributed by atoms with Crippen molar-refractivity contribution in [1.82, 2.24) is 19.7 Å². The second kappa shape index (κ2) is 14.5. The number of ether oxygens (including phenoxy) is 4. The Morgan fingerprint density at radius 1 is 0.907 bits per heavy atom. The third-order valence-electron chi connectivity index (χ3n) is 6.71. The van der Waals surface area contributed by atoms with Gasteiger partial charge >= 0.3 is 0 Å². The van der Waals surface area contributed by atoms with E-state index in [1.54, 1.807) is 60.7 Å². The molecule has 0 saturated carbocycles. The number of hydrogen-bond acceptors (Lipinski definition) is 11. The fraction of sp³-hybridized carbons (Fsp3) is 0.321. The summed E-state index contributed by atoms with van der Waals surface area (Å²) in [5.41, 5.74) is 1.08. The molecule has 0 aliphatic heterocycles. The van der Waals surface area contributed by atoms with Crippen LogP contribution in [0.15, 0.2) is 60.7 Å². The summed E-state index contributed by atoms with van der Waals surface area (Å²) in [6, 6.07) is 17.1. The lowest BCUT2D eigenvalue weighted by molar-refractivity contribution is 0.171. The highest BCUT2D eigenvalue weighted by atomic mass is 127. The van der Waals surface area contributed by atoms with E-state index < -0.39 is 21.4 Å². The number of methoxy groups -OCH3 is 4. The lowest BCUT2D eigenvalue weighted by Crippen LogP contribution is -2.43. The lowest BCUT2D eigenvalue weighted by atomic mass is 10.1. The summed E-state index contributed by atoms with van der Waals surface area (Å²) in [5, 5.41) is 18.9. The van der Waals surface area contributed by atoms with Crippen LogP contribution < -0.4 is 23.3 Å². The van der Waals surface area contributed by atoms with E-state index in [-0.39, 0.29) is 18.3 Å². The number of aliphatic hydroxyl groups excluding tert-OH is 1. The molecule has 43 heavy (non-hydrogen) atoms. The fourth-order valence-corrected chi connectivity index (χ4v) is 7.02. The van der Waals surface area contributed by atoms with Crippen LogP contribution in [0.3, 0.4) is 0 Å². The third kappa shape index (κ3) is 6.63. The van der Waals surface area contributed by atoms with Crippen LogP contribution >= 0.6 is 30.1 Å². The average Bonchev–Trinajstić information content (AvgIpc) is 3.47. The van der Waals surface area contributed by atoms with Crippen molar-refractivity contribution in [3.63, 3.8) is 0 Å². The number of benzene rings is 2. The minimum atomic E-state index is -4.29. The summed E-state index contributed by atoms with van der Waals surface area (Å²) in [4.78, 5) is 4.52. The van der Waals surface area contributed by atoms with Crippen LogP contribution in [0.2, 0.25) is 0 Å². The number of pyridine rings is 1. The fourth-order valence-electron chi connectivity index (χ4n) is 4.50. The molecule has 0 unspecified atom stereocenters. The summed E-state index contributed by atoms with van der Waals surface area (Å²) in [7, 11) is 3.10. The number of rotatable bonds is 14. The van der Waals surface area contributed by atoms with Gasteiger partial charge in [0.25, 0.3) is 0 Å². The quantitative estimate of drug-likeness (QED) is 0.180. The van der Waals surface area contributed by atoms with E-state index in [0.717, 1.165) is 4.31 Å². The van der Waals surface area contributed by atoms with Gasteiger partial charge in [0, 0.05) is 23.9 Å². The van der Waals surface area contributed by atoms with Gasteiger partial charge in [-0.3, -0.25) is 4.57 Å². The van der Waals surface area contributed by atoms with Gasteiger partial charge in [-0.25, -0.2) is 17.7 Å². The molecule has 0 amide bonds. The van der Waals surface area contributed by atoms with E-state index >= 15 is 0 Å². The number of anilines is 1. The molecule has 1 N–H and O–H groups in total. The first-order chi connectivity index (χ1) is 20.7. The van der Waals surface area contributed by atoms with Crippen molar-refractivity contribution in [1.29, 1.82) is 0 Å². The van der Waals surface area contributed by atoms with Crippen LogP contribution in [0.5, 0.6) is 23.1 Å². The Morgan fingerprint density at radius 3 is 2.16 bits per heavy atom. The minimum Gasteiger partial charge on any atom is -0.496 e. The topological polar surface area (TPSA) is 138 Å². The Labute approximate surface area is 267 Å². The number of aromatic nitrogens is 4. The molecule has 12 nitrogen and oxygen atoms in total. The van der Waals surface area contributed by atoms with Crippen molar-refractivity contribution < 1.29 is 32.5 Å². The number of hydrogen-bond donors (Lipinski definition) is 1. The number of para-hydroxylation sites is 2. The van der Waals surface area contributed by atoms with Gasteiger partial charge in [-0.15, -0.1) is 10.2 Å². The molecule has 0 radical (unpaired) electrons. The summed E-state index contributed by atoms with van der Waals surface area (Å²) in [5.74, 6) is 2.07. The monoisotopic (exact) mass is 741 g/mol. The maximum Gasteiger partial charge on any atom is 0.246 e. The number of halogens is 1. The Morgan fingerprint density at radius 2 is 1.53 bits per heavy atom. The molecule has 0 aliphatic carbocycles. The van der Waals surface area contributed by atoms with Gasteiger partial charge in [-0.05, 0) is 52.4 Å². The molecule has 2 heterocycles. The Bertz CT molecular complexity index is 1630. The number of sulfonamides is 1. The minimum absolute atomic E-state index is 0.0278. The molecule has 230 valence electrons. The van der Waals surface area contributed by atoms with Crippen LogP contribution in [0, 0.1) is 0 Å². The zero-order chi connectivity index (χ0) is 31.1. The second-order valence-electron chi connectivity index (χ2n) is 9.06. The summed E-state index contributed by atoms with van der Waals surface area (Å²) in [6.07, 6.45) is -1.41. The van der Waals surface area contributed by atoms with Crippen molar-refractivity contribution in [3.05, 3.63) is 66.2 Å². The highest BCUT2D eigenvalue weighted by molar-refractivity contribution is 14.2. The number of nitrogens with zero attached hydrogens (tertiary/aromatic N) is 5. The van der Waals surface area contributed by atoms with E-state index in [0.29, 0.717) is 45.8 Å². The second-order valence-corrected chi connectivity index (χ2v) is 13.8. The van der Waals surface area contributed by atoms with Gasteiger partial charge in [0.15, 0.2) is 5.82 Å². The first-order valence-corrected chi connectivity index (χ1v) is 18.0. The predicted octanol–water partition coefficient (Wildman–Crippen LogP) is 4.71. The van der Waals surface area contributed by atoms with Gasteiger partial charge in [0.2, 0.25) is 21.9 Å². The van der Waals surface area contributed by atoms with E-state index in [1.165, 1.54) is 48.9 Å². The molecule has 2 aromatic carbocycles. The van der Waals surface area contributed by atoms with Crippen LogP contribution in [0.25, 0.3) is 17.2 Å². The van der Waals surface area contributed by atoms with E-state index in [2.05, 4.69) is 36.4 Å². The van der Waals surface area contributed by atoms with Gasteiger partial charge in [-0.1, -0.05) is 39.3 Å². The van der Waals surface area contributed by atoms with Crippen molar-refractivity contribution in [2.45, 2.75) is 18.3 Å². The van der Waals surface area contributed by atoms with Crippen molar-refractivity contribution >= 4 is 46.1 Å². The average molecular weight is 742 g/mol. The first kappa shape index (κ1) is 32.6. The largest absolute Gasteiger partial charge is 0.496 e. The molecular formula is C28H32IN5O7S2. The Kier molecular flexibility index (Phi) is 11.0. The van der Waals surface area contributed by atoms with E-state index in [1.807, 2.05) is 0 Å². The predicted molar refractivity (Wildman–Crippen MR) is 174 cm³/mol. The standard InChI is InChI=1S/C28H32IN5O7S2/c1-18(26(35)19-10-6-7-12-21(19)38-2)43(36,37)33(16-17-42-29)28-32-31-27(20-11-8-15-24(30-20)41-5)34(28)25-22(39-3)13-9-14-23(25)40-4/h6-15,18,26,35H,16-17H2,1-5H3/t18-,26-/m0/s1.